The van der Waals surface area contributed by atoms with Crippen LogP contribution < -0.4 is 5.32 Å². The van der Waals surface area contributed by atoms with Crippen molar-refractivity contribution < 1.29 is 4.39 Å². The predicted molar refractivity (Wildman–Crippen MR) is 89.4 cm³/mol. The summed E-state index contributed by atoms with van der Waals surface area (Å²) in [7, 11) is 0. The lowest BCUT2D eigenvalue weighted by molar-refractivity contribution is 0.630. The number of halogens is 2. The fourth-order valence-corrected chi connectivity index (χ4v) is 3.37. The SMILES string of the molecule is CCNc1nc(-c2cc(Br)ccc2F)nc2sc(C)cc12. The Morgan fingerprint density at radius 2 is 2.10 bits per heavy atom. The average Bonchev–Trinajstić information content (AvgIpc) is 2.82. The van der Waals surface area contributed by atoms with Crippen molar-refractivity contribution in [3.05, 3.63) is 39.4 Å². The molecule has 0 saturated heterocycles. The molecule has 0 unspecified atom stereocenters. The summed E-state index contributed by atoms with van der Waals surface area (Å²) in [5, 5.41) is 4.21. The van der Waals surface area contributed by atoms with Gasteiger partial charge >= 0.3 is 0 Å². The van der Waals surface area contributed by atoms with Crippen LogP contribution in [0.2, 0.25) is 0 Å². The molecule has 0 spiro atoms. The van der Waals surface area contributed by atoms with E-state index >= 15 is 0 Å². The minimum atomic E-state index is -0.326. The Hall–Kier alpha value is -1.53. The van der Waals surface area contributed by atoms with Crippen molar-refractivity contribution in [2.24, 2.45) is 0 Å². The van der Waals surface area contributed by atoms with Gasteiger partial charge in [0.2, 0.25) is 0 Å². The van der Waals surface area contributed by atoms with Gasteiger partial charge in [0.05, 0.1) is 10.9 Å². The highest BCUT2D eigenvalue weighted by Crippen LogP contribution is 2.32. The number of hydrogen-bond acceptors (Lipinski definition) is 4. The van der Waals surface area contributed by atoms with Gasteiger partial charge in [-0.1, -0.05) is 15.9 Å². The first-order chi connectivity index (χ1) is 10.1. The van der Waals surface area contributed by atoms with E-state index in [-0.39, 0.29) is 5.82 Å². The maximum Gasteiger partial charge on any atom is 0.166 e. The molecule has 0 amide bonds. The summed E-state index contributed by atoms with van der Waals surface area (Å²) in [5.41, 5.74) is 0.400. The number of hydrogen-bond donors (Lipinski definition) is 1. The van der Waals surface area contributed by atoms with Crippen LogP contribution >= 0.6 is 27.3 Å². The molecular weight excluding hydrogens is 353 g/mol. The van der Waals surface area contributed by atoms with Gasteiger partial charge in [0.25, 0.3) is 0 Å². The molecule has 3 rings (SSSR count). The van der Waals surface area contributed by atoms with Crippen molar-refractivity contribution >= 4 is 43.3 Å². The monoisotopic (exact) mass is 365 g/mol. The zero-order valence-corrected chi connectivity index (χ0v) is 14.0. The van der Waals surface area contributed by atoms with Crippen molar-refractivity contribution in [2.75, 3.05) is 11.9 Å². The van der Waals surface area contributed by atoms with Crippen LogP contribution in [0.25, 0.3) is 21.6 Å². The Bertz CT molecular complexity index is 816. The van der Waals surface area contributed by atoms with Crippen molar-refractivity contribution in [1.82, 2.24) is 9.97 Å². The van der Waals surface area contributed by atoms with E-state index < -0.39 is 0 Å². The lowest BCUT2D eigenvalue weighted by atomic mass is 10.2. The molecule has 2 heterocycles. The van der Waals surface area contributed by atoms with Crippen LogP contribution in [0.5, 0.6) is 0 Å². The predicted octanol–water partition coefficient (Wildman–Crippen LogP) is 5.00. The quantitative estimate of drug-likeness (QED) is 0.709. The van der Waals surface area contributed by atoms with Gasteiger partial charge in [0, 0.05) is 15.9 Å². The second-order valence-electron chi connectivity index (χ2n) is 4.63. The number of benzene rings is 1. The maximum atomic E-state index is 14.1. The largest absolute Gasteiger partial charge is 0.370 e. The topological polar surface area (TPSA) is 37.8 Å². The van der Waals surface area contributed by atoms with Crippen LogP contribution in [0.3, 0.4) is 0 Å². The zero-order valence-electron chi connectivity index (χ0n) is 11.6. The van der Waals surface area contributed by atoms with Gasteiger partial charge in [-0.05, 0) is 38.1 Å². The van der Waals surface area contributed by atoms with Crippen LogP contribution in [-0.4, -0.2) is 16.5 Å². The Morgan fingerprint density at radius 1 is 1.29 bits per heavy atom. The Kier molecular flexibility index (Phi) is 3.91. The highest BCUT2D eigenvalue weighted by molar-refractivity contribution is 9.10. The summed E-state index contributed by atoms with van der Waals surface area (Å²) in [6, 6.07) is 6.84. The van der Waals surface area contributed by atoms with E-state index in [9.17, 15) is 4.39 Å². The van der Waals surface area contributed by atoms with Crippen molar-refractivity contribution in [3.8, 4) is 11.4 Å². The van der Waals surface area contributed by atoms with E-state index in [1.54, 1.807) is 23.5 Å². The molecule has 0 aliphatic rings. The molecule has 1 aromatic carbocycles. The molecule has 6 heteroatoms. The highest BCUT2D eigenvalue weighted by Gasteiger charge is 2.14. The van der Waals surface area contributed by atoms with Crippen molar-refractivity contribution in [2.45, 2.75) is 13.8 Å². The van der Waals surface area contributed by atoms with Gasteiger partial charge in [-0.2, -0.15) is 0 Å². The molecule has 0 aliphatic carbocycles. The lowest BCUT2D eigenvalue weighted by Crippen LogP contribution is -2.02. The number of rotatable bonds is 3. The molecule has 0 fully saturated rings. The summed E-state index contributed by atoms with van der Waals surface area (Å²) >= 11 is 4.95. The molecule has 1 N–H and O–H groups in total. The molecule has 3 nitrogen and oxygen atoms in total. The lowest BCUT2D eigenvalue weighted by Gasteiger charge is -2.08. The number of aromatic nitrogens is 2. The number of thiophene rings is 1. The van der Waals surface area contributed by atoms with Gasteiger partial charge in [0.15, 0.2) is 5.82 Å². The Morgan fingerprint density at radius 3 is 2.86 bits per heavy atom. The highest BCUT2D eigenvalue weighted by atomic mass is 79.9. The van der Waals surface area contributed by atoms with Crippen molar-refractivity contribution in [1.29, 1.82) is 0 Å². The first-order valence-electron chi connectivity index (χ1n) is 6.56. The normalized spacial score (nSPS) is 11.0. The first-order valence-corrected chi connectivity index (χ1v) is 8.17. The van der Waals surface area contributed by atoms with Crippen molar-refractivity contribution in [3.63, 3.8) is 0 Å². The number of anilines is 1. The Labute approximate surface area is 134 Å². The molecule has 0 bridgehead atoms. The van der Waals surface area contributed by atoms with Crippen LogP contribution in [0, 0.1) is 12.7 Å². The van der Waals surface area contributed by atoms with E-state index in [0.29, 0.717) is 11.4 Å². The number of nitrogens with one attached hydrogen (secondary N) is 1. The van der Waals surface area contributed by atoms with Crippen LogP contribution in [0.1, 0.15) is 11.8 Å². The van der Waals surface area contributed by atoms with Gasteiger partial charge in [0.1, 0.15) is 16.5 Å². The first kappa shape index (κ1) is 14.4. The summed E-state index contributed by atoms with van der Waals surface area (Å²) in [5.74, 6) is 0.827. The summed E-state index contributed by atoms with van der Waals surface area (Å²) < 4.78 is 14.9. The van der Waals surface area contributed by atoms with Crippen LogP contribution in [-0.2, 0) is 0 Å². The molecular formula is C15H13BrFN3S. The van der Waals surface area contributed by atoms with E-state index in [1.807, 2.05) is 13.8 Å². The van der Waals surface area contributed by atoms with Gasteiger partial charge in [-0.3, -0.25) is 0 Å². The van der Waals surface area contributed by atoms with E-state index in [4.69, 9.17) is 0 Å². The maximum absolute atomic E-state index is 14.1. The third kappa shape index (κ3) is 2.78. The third-order valence-electron chi connectivity index (χ3n) is 3.03. The Balaban J connectivity index is 2.25. The molecule has 0 aliphatic heterocycles. The zero-order chi connectivity index (χ0) is 15.0. The fourth-order valence-electron chi connectivity index (χ4n) is 2.13. The number of nitrogens with zero attached hydrogens (tertiary/aromatic N) is 2. The fraction of sp³-hybridized carbons (Fsp3) is 0.200. The molecule has 2 aromatic heterocycles. The van der Waals surface area contributed by atoms with E-state index in [1.165, 1.54) is 6.07 Å². The molecule has 21 heavy (non-hydrogen) atoms. The van der Waals surface area contributed by atoms with Gasteiger partial charge in [-0.15, -0.1) is 11.3 Å². The van der Waals surface area contributed by atoms with Crippen LogP contribution in [0.4, 0.5) is 10.2 Å². The van der Waals surface area contributed by atoms with Gasteiger partial charge < -0.3 is 5.32 Å². The molecule has 0 radical (unpaired) electrons. The smallest absolute Gasteiger partial charge is 0.166 e. The summed E-state index contributed by atoms with van der Waals surface area (Å²) in [6.45, 7) is 4.79. The molecule has 0 atom stereocenters. The average molecular weight is 366 g/mol. The van der Waals surface area contributed by atoms with E-state index in [2.05, 4.69) is 37.3 Å². The molecule has 0 saturated carbocycles. The number of fused-ring (bicyclic) bond motifs is 1. The second-order valence-corrected chi connectivity index (χ2v) is 6.78. The van der Waals surface area contributed by atoms with Gasteiger partial charge in [-0.25, -0.2) is 14.4 Å². The minimum absolute atomic E-state index is 0.326. The number of aryl methyl sites for hydroxylation is 1. The minimum Gasteiger partial charge on any atom is -0.370 e. The second kappa shape index (κ2) is 5.69. The third-order valence-corrected chi connectivity index (χ3v) is 4.47. The molecule has 108 valence electrons. The summed E-state index contributed by atoms with van der Waals surface area (Å²) in [6.07, 6.45) is 0. The van der Waals surface area contributed by atoms with Crippen LogP contribution in [0.15, 0.2) is 28.7 Å². The molecule has 3 aromatic rings. The van der Waals surface area contributed by atoms with E-state index in [0.717, 1.165) is 31.9 Å². The standard InChI is InChI=1S/C15H13BrFN3S/c1-3-18-13-11-6-8(2)21-15(11)20-14(19-13)10-7-9(16)4-5-12(10)17/h4-7H,3H2,1-2H3,(H,18,19,20). The summed E-state index contributed by atoms with van der Waals surface area (Å²) in [4.78, 5) is 11.0.